The van der Waals surface area contributed by atoms with Gasteiger partial charge in [-0.15, -0.1) is 0 Å². The summed E-state index contributed by atoms with van der Waals surface area (Å²) in [6, 6.07) is 0.550. The number of piperidine rings is 1. The van der Waals surface area contributed by atoms with E-state index in [4.69, 9.17) is 4.74 Å². The second-order valence-corrected chi connectivity index (χ2v) is 5.58. The standard InChI is InChI=1S/C15H31N3O2/c1-5-13-11-18(9-7-14(13)16-6-2)12(3)15(19)17-8-10-20-4/h12-14,16H,5-11H2,1-4H3,(H,17,19). The minimum atomic E-state index is -0.0523. The molecule has 2 N–H and O–H groups in total. The Bertz CT molecular complexity index is 286. The number of hydrogen-bond acceptors (Lipinski definition) is 4. The number of likely N-dealkylation sites (tertiary alicyclic amines) is 1. The van der Waals surface area contributed by atoms with Crippen molar-refractivity contribution in [2.24, 2.45) is 5.92 Å². The molecule has 118 valence electrons. The lowest BCUT2D eigenvalue weighted by Crippen LogP contribution is -2.55. The number of methoxy groups -OCH3 is 1. The quantitative estimate of drug-likeness (QED) is 0.649. The number of amides is 1. The van der Waals surface area contributed by atoms with Crippen molar-refractivity contribution in [2.75, 3.05) is 39.9 Å². The van der Waals surface area contributed by atoms with Crippen molar-refractivity contribution in [3.63, 3.8) is 0 Å². The van der Waals surface area contributed by atoms with Crippen molar-refractivity contribution in [1.82, 2.24) is 15.5 Å². The molecule has 5 nitrogen and oxygen atoms in total. The SMILES string of the molecule is CCNC1CCN(C(C)C(=O)NCCOC)CC1CC. The Morgan fingerprint density at radius 2 is 2.20 bits per heavy atom. The molecule has 3 unspecified atom stereocenters. The Kier molecular flexibility index (Phi) is 8.11. The molecule has 1 aliphatic rings. The molecule has 1 rings (SSSR count). The summed E-state index contributed by atoms with van der Waals surface area (Å²) in [4.78, 5) is 14.4. The van der Waals surface area contributed by atoms with Gasteiger partial charge in [0.25, 0.3) is 0 Å². The second kappa shape index (κ2) is 9.32. The fourth-order valence-electron chi connectivity index (χ4n) is 2.95. The highest BCUT2D eigenvalue weighted by atomic mass is 16.5. The van der Waals surface area contributed by atoms with Crippen LogP contribution in [0.15, 0.2) is 0 Å². The number of rotatable bonds is 8. The molecule has 0 spiro atoms. The van der Waals surface area contributed by atoms with Gasteiger partial charge in [0.1, 0.15) is 0 Å². The van der Waals surface area contributed by atoms with Crippen molar-refractivity contribution >= 4 is 5.91 Å². The Labute approximate surface area is 123 Å². The first kappa shape index (κ1) is 17.4. The van der Waals surface area contributed by atoms with Gasteiger partial charge in [0.15, 0.2) is 0 Å². The summed E-state index contributed by atoms with van der Waals surface area (Å²) >= 11 is 0. The monoisotopic (exact) mass is 285 g/mol. The molecular weight excluding hydrogens is 254 g/mol. The molecule has 0 aromatic carbocycles. The third-order valence-corrected chi connectivity index (χ3v) is 4.29. The number of nitrogens with one attached hydrogen (secondary N) is 2. The molecule has 0 aliphatic carbocycles. The average Bonchev–Trinajstić information content (AvgIpc) is 2.47. The van der Waals surface area contributed by atoms with Crippen LogP contribution in [-0.4, -0.2) is 62.8 Å². The molecule has 0 radical (unpaired) electrons. The van der Waals surface area contributed by atoms with Crippen molar-refractivity contribution in [3.05, 3.63) is 0 Å². The highest BCUT2D eigenvalue weighted by molar-refractivity contribution is 5.81. The first-order valence-electron chi connectivity index (χ1n) is 7.88. The Hall–Kier alpha value is -0.650. The summed E-state index contributed by atoms with van der Waals surface area (Å²) < 4.78 is 4.96. The van der Waals surface area contributed by atoms with Crippen LogP contribution in [0.25, 0.3) is 0 Å². The molecule has 0 aromatic rings. The Morgan fingerprint density at radius 3 is 2.80 bits per heavy atom. The molecular formula is C15H31N3O2. The van der Waals surface area contributed by atoms with E-state index >= 15 is 0 Å². The lowest BCUT2D eigenvalue weighted by atomic mass is 9.89. The van der Waals surface area contributed by atoms with Gasteiger partial charge in [0, 0.05) is 32.8 Å². The molecule has 3 atom stereocenters. The van der Waals surface area contributed by atoms with Gasteiger partial charge in [0.05, 0.1) is 12.6 Å². The van der Waals surface area contributed by atoms with Crippen LogP contribution in [0.3, 0.4) is 0 Å². The molecule has 5 heteroatoms. The lowest BCUT2D eigenvalue weighted by Gasteiger charge is -2.41. The first-order valence-corrected chi connectivity index (χ1v) is 7.88. The molecule has 1 heterocycles. The molecule has 1 amide bonds. The topological polar surface area (TPSA) is 53.6 Å². The van der Waals surface area contributed by atoms with E-state index in [0.29, 0.717) is 25.1 Å². The van der Waals surface area contributed by atoms with Gasteiger partial charge < -0.3 is 15.4 Å². The van der Waals surface area contributed by atoms with E-state index in [2.05, 4.69) is 29.4 Å². The van der Waals surface area contributed by atoms with Gasteiger partial charge in [-0.05, 0) is 25.8 Å². The van der Waals surface area contributed by atoms with Crippen LogP contribution in [-0.2, 0) is 9.53 Å². The van der Waals surface area contributed by atoms with Gasteiger partial charge in [-0.1, -0.05) is 20.3 Å². The number of hydrogen-bond donors (Lipinski definition) is 2. The summed E-state index contributed by atoms with van der Waals surface area (Å²) in [5, 5.41) is 6.50. The molecule has 1 aliphatic heterocycles. The van der Waals surface area contributed by atoms with E-state index in [-0.39, 0.29) is 11.9 Å². The minimum absolute atomic E-state index is 0.0523. The Morgan fingerprint density at radius 1 is 1.45 bits per heavy atom. The van der Waals surface area contributed by atoms with Gasteiger partial charge >= 0.3 is 0 Å². The summed E-state index contributed by atoms with van der Waals surface area (Å²) in [6.07, 6.45) is 2.29. The van der Waals surface area contributed by atoms with Crippen molar-refractivity contribution in [1.29, 1.82) is 0 Å². The molecule has 1 fully saturated rings. The third kappa shape index (κ3) is 5.04. The van der Waals surface area contributed by atoms with E-state index in [1.807, 2.05) is 6.92 Å². The maximum absolute atomic E-state index is 12.1. The summed E-state index contributed by atoms with van der Waals surface area (Å²) in [7, 11) is 1.65. The van der Waals surface area contributed by atoms with Gasteiger partial charge in [0.2, 0.25) is 5.91 Å². The molecule has 0 saturated carbocycles. The number of ether oxygens (including phenoxy) is 1. The van der Waals surface area contributed by atoms with Gasteiger partial charge in [-0.25, -0.2) is 0 Å². The van der Waals surface area contributed by atoms with Crippen LogP contribution in [0.4, 0.5) is 0 Å². The fraction of sp³-hybridized carbons (Fsp3) is 0.933. The largest absolute Gasteiger partial charge is 0.383 e. The van der Waals surface area contributed by atoms with Crippen molar-refractivity contribution in [2.45, 2.75) is 45.7 Å². The van der Waals surface area contributed by atoms with Crippen LogP contribution in [0.2, 0.25) is 0 Å². The molecule has 0 aromatic heterocycles. The number of carbonyl (C=O) groups excluding carboxylic acids is 1. The molecule has 1 saturated heterocycles. The first-order chi connectivity index (χ1) is 9.63. The van der Waals surface area contributed by atoms with Crippen LogP contribution < -0.4 is 10.6 Å². The zero-order chi connectivity index (χ0) is 15.0. The minimum Gasteiger partial charge on any atom is -0.383 e. The van der Waals surface area contributed by atoms with Crippen molar-refractivity contribution in [3.8, 4) is 0 Å². The maximum atomic E-state index is 12.1. The van der Waals surface area contributed by atoms with Gasteiger partial charge in [-0.2, -0.15) is 0 Å². The van der Waals surface area contributed by atoms with Gasteiger partial charge in [-0.3, -0.25) is 9.69 Å². The maximum Gasteiger partial charge on any atom is 0.237 e. The van der Waals surface area contributed by atoms with Crippen LogP contribution in [0.5, 0.6) is 0 Å². The van der Waals surface area contributed by atoms with E-state index in [1.54, 1.807) is 7.11 Å². The highest BCUT2D eigenvalue weighted by Gasteiger charge is 2.31. The normalized spacial score (nSPS) is 25.4. The number of nitrogens with zero attached hydrogens (tertiary/aromatic N) is 1. The van der Waals surface area contributed by atoms with Crippen LogP contribution in [0, 0.1) is 5.92 Å². The van der Waals surface area contributed by atoms with E-state index in [1.165, 1.54) is 0 Å². The van der Waals surface area contributed by atoms with Crippen LogP contribution in [0.1, 0.15) is 33.6 Å². The zero-order valence-corrected chi connectivity index (χ0v) is 13.4. The molecule has 20 heavy (non-hydrogen) atoms. The van der Waals surface area contributed by atoms with E-state index in [0.717, 1.165) is 32.5 Å². The molecule has 0 bridgehead atoms. The highest BCUT2D eigenvalue weighted by Crippen LogP contribution is 2.21. The lowest BCUT2D eigenvalue weighted by molar-refractivity contribution is -0.127. The van der Waals surface area contributed by atoms with Crippen molar-refractivity contribution < 1.29 is 9.53 Å². The second-order valence-electron chi connectivity index (χ2n) is 5.58. The smallest absolute Gasteiger partial charge is 0.237 e. The fourth-order valence-corrected chi connectivity index (χ4v) is 2.95. The van der Waals surface area contributed by atoms with E-state index < -0.39 is 0 Å². The van der Waals surface area contributed by atoms with Crippen LogP contribution >= 0.6 is 0 Å². The average molecular weight is 285 g/mol. The van der Waals surface area contributed by atoms with E-state index in [9.17, 15) is 4.79 Å². The number of carbonyl (C=O) groups is 1. The predicted molar refractivity (Wildman–Crippen MR) is 81.8 cm³/mol. The third-order valence-electron chi connectivity index (χ3n) is 4.29. The summed E-state index contributed by atoms with van der Waals surface area (Å²) in [5.74, 6) is 0.747. The summed E-state index contributed by atoms with van der Waals surface area (Å²) in [5.41, 5.74) is 0. The zero-order valence-electron chi connectivity index (χ0n) is 13.4. The Balaban J connectivity index is 2.45. The predicted octanol–water partition coefficient (Wildman–Crippen LogP) is 0.848. The summed E-state index contributed by atoms with van der Waals surface area (Å²) in [6.45, 7) is 10.6.